The topological polar surface area (TPSA) is 68.5 Å². The fourth-order valence-electron chi connectivity index (χ4n) is 2.46. The molecular formula is C17H18N4O2. The number of anilines is 1. The van der Waals surface area contributed by atoms with E-state index in [2.05, 4.69) is 15.4 Å². The molecule has 2 aromatic heterocycles. The highest BCUT2D eigenvalue weighted by molar-refractivity contribution is 6.04. The van der Waals surface area contributed by atoms with Crippen LogP contribution in [0.25, 0.3) is 5.65 Å². The van der Waals surface area contributed by atoms with E-state index >= 15 is 0 Å². The number of fused-ring (bicyclic) bond motifs is 1. The average Bonchev–Trinajstić information content (AvgIpc) is 2.88. The maximum atomic E-state index is 12.5. The molecule has 3 rings (SSSR count). The van der Waals surface area contributed by atoms with Crippen LogP contribution in [0.2, 0.25) is 0 Å². The van der Waals surface area contributed by atoms with E-state index in [-0.39, 0.29) is 5.91 Å². The molecule has 0 aliphatic rings. The van der Waals surface area contributed by atoms with Crippen molar-refractivity contribution in [1.29, 1.82) is 0 Å². The van der Waals surface area contributed by atoms with Crippen LogP contribution in [0.5, 0.6) is 5.75 Å². The van der Waals surface area contributed by atoms with Gasteiger partial charge in [-0.05, 0) is 44.5 Å². The van der Waals surface area contributed by atoms with Gasteiger partial charge in [-0.2, -0.15) is 5.10 Å². The van der Waals surface area contributed by atoms with E-state index in [4.69, 9.17) is 4.74 Å². The van der Waals surface area contributed by atoms with Gasteiger partial charge in [0.1, 0.15) is 11.4 Å². The molecule has 6 nitrogen and oxygen atoms in total. The van der Waals surface area contributed by atoms with Gasteiger partial charge in [-0.25, -0.2) is 9.50 Å². The summed E-state index contributed by atoms with van der Waals surface area (Å²) in [6, 6.07) is 9.18. The third-order valence-electron chi connectivity index (χ3n) is 3.56. The Labute approximate surface area is 134 Å². The van der Waals surface area contributed by atoms with Gasteiger partial charge in [0.25, 0.3) is 5.91 Å². The third-order valence-corrected chi connectivity index (χ3v) is 3.56. The number of aryl methyl sites for hydroxylation is 3. The molecule has 1 N–H and O–H groups in total. The summed E-state index contributed by atoms with van der Waals surface area (Å²) in [5.74, 6) is 0.334. The molecule has 0 aliphatic heterocycles. The molecule has 0 radical (unpaired) electrons. The monoisotopic (exact) mass is 310 g/mol. The average molecular weight is 310 g/mol. The first kappa shape index (κ1) is 15.0. The Morgan fingerprint density at radius 2 is 1.96 bits per heavy atom. The van der Waals surface area contributed by atoms with Crippen LogP contribution in [0.4, 0.5) is 5.69 Å². The molecule has 0 spiro atoms. The summed E-state index contributed by atoms with van der Waals surface area (Å²) in [5.41, 5.74) is 4.37. The summed E-state index contributed by atoms with van der Waals surface area (Å²) < 4.78 is 7.01. The summed E-state index contributed by atoms with van der Waals surface area (Å²) in [4.78, 5) is 16.9. The predicted octanol–water partition coefficient (Wildman–Crippen LogP) is 2.92. The van der Waals surface area contributed by atoms with Gasteiger partial charge >= 0.3 is 0 Å². The number of carbonyl (C=O) groups excluding carboxylic acids is 1. The number of hydrogen-bond donors (Lipinski definition) is 1. The number of methoxy groups -OCH3 is 1. The van der Waals surface area contributed by atoms with E-state index < -0.39 is 0 Å². The highest BCUT2D eigenvalue weighted by atomic mass is 16.5. The molecule has 23 heavy (non-hydrogen) atoms. The molecule has 0 saturated carbocycles. The van der Waals surface area contributed by atoms with Crippen molar-refractivity contribution < 1.29 is 9.53 Å². The minimum Gasteiger partial charge on any atom is -0.495 e. The van der Waals surface area contributed by atoms with Crippen LogP contribution in [0, 0.1) is 20.8 Å². The number of ether oxygens (including phenoxy) is 1. The maximum absolute atomic E-state index is 12.5. The number of carbonyl (C=O) groups is 1. The van der Waals surface area contributed by atoms with Gasteiger partial charge in [-0.1, -0.05) is 6.07 Å². The Morgan fingerprint density at radius 1 is 1.17 bits per heavy atom. The Balaban J connectivity index is 1.96. The molecule has 0 aliphatic carbocycles. The van der Waals surface area contributed by atoms with Crippen molar-refractivity contribution in [3.8, 4) is 5.75 Å². The highest BCUT2D eigenvalue weighted by Gasteiger charge is 2.14. The summed E-state index contributed by atoms with van der Waals surface area (Å²) in [6.07, 6.45) is 0. The first-order chi connectivity index (χ1) is 11.0. The van der Waals surface area contributed by atoms with Gasteiger partial charge in [-0.15, -0.1) is 0 Å². The highest BCUT2D eigenvalue weighted by Crippen LogP contribution is 2.25. The first-order valence-electron chi connectivity index (χ1n) is 7.28. The van der Waals surface area contributed by atoms with Crippen molar-refractivity contribution >= 4 is 17.2 Å². The Morgan fingerprint density at radius 3 is 2.70 bits per heavy atom. The second kappa shape index (κ2) is 5.72. The second-order valence-electron chi connectivity index (χ2n) is 5.50. The van der Waals surface area contributed by atoms with Crippen LogP contribution >= 0.6 is 0 Å². The fraction of sp³-hybridized carbons (Fsp3) is 0.235. The molecule has 0 bridgehead atoms. The summed E-state index contributed by atoms with van der Waals surface area (Å²) in [6.45, 7) is 5.75. The van der Waals surface area contributed by atoms with Crippen LogP contribution in [0.1, 0.15) is 27.4 Å². The molecule has 2 heterocycles. The molecule has 118 valence electrons. The molecule has 0 atom stereocenters. The van der Waals surface area contributed by atoms with E-state index in [0.29, 0.717) is 22.8 Å². The number of benzene rings is 1. The predicted molar refractivity (Wildman–Crippen MR) is 88.1 cm³/mol. The minimum atomic E-state index is -0.279. The molecule has 3 aromatic rings. The van der Waals surface area contributed by atoms with Gasteiger partial charge in [0.2, 0.25) is 0 Å². The molecule has 1 amide bonds. The van der Waals surface area contributed by atoms with Crippen molar-refractivity contribution in [2.24, 2.45) is 0 Å². The van der Waals surface area contributed by atoms with Gasteiger partial charge in [0.05, 0.1) is 18.5 Å². The summed E-state index contributed by atoms with van der Waals surface area (Å²) in [7, 11) is 1.57. The lowest BCUT2D eigenvalue weighted by molar-refractivity contribution is 0.102. The number of nitrogens with one attached hydrogen (secondary N) is 1. The quantitative estimate of drug-likeness (QED) is 0.807. The molecular weight excluding hydrogens is 292 g/mol. The zero-order chi connectivity index (χ0) is 16.6. The van der Waals surface area contributed by atoms with Crippen LogP contribution < -0.4 is 10.1 Å². The molecule has 0 unspecified atom stereocenters. The van der Waals surface area contributed by atoms with Crippen LogP contribution in [0.3, 0.4) is 0 Å². The van der Waals surface area contributed by atoms with Crippen molar-refractivity contribution in [2.45, 2.75) is 20.8 Å². The van der Waals surface area contributed by atoms with Gasteiger partial charge in [0, 0.05) is 11.8 Å². The number of aromatic nitrogens is 3. The lowest BCUT2D eigenvalue weighted by Gasteiger charge is -2.11. The second-order valence-corrected chi connectivity index (χ2v) is 5.50. The molecule has 0 fully saturated rings. The first-order valence-corrected chi connectivity index (χ1v) is 7.28. The smallest absolute Gasteiger partial charge is 0.274 e. The lowest BCUT2D eigenvalue weighted by Crippen LogP contribution is -2.16. The number of hydrogen-bond acceptors (Lipinski definition) is 4. The maximum Gasteiger partial charge on any atom is 0.274 e. The van der Waals surface area contributed by atoms with E-state index in [0.717, 1.165) is 17.0 Å². The van der Waals surface area contributed by atoms with E-state index in [1.54, 1.807) is 17.7 Å². The van der Waals surface area contributed by atoms with Gasteiger partial charge in [-0.3, -0.25) is 4.79 Å². The van der Waals surface area contributed by atoms with E-state index in [1.807, 2.05) is 45.0 Å². The Hall–Kier alpha value is -2.89. The molecule has 0 saturated heterocycles. The van der Waals surface area contributed by atoms with Crippen molar-refractivity contribution in [3.63, 3.8) is 0 Å². The number of nitrogens with zero attached hydrogens (tertiary/aromatic N) is 3. The van der Waals surface area contributed by atoms with Crippen LogP contribution in [0.15, 0.2) is 30.3 Å². The van der Waals surface area contributed by atoms with Crippen molar-refractivity contribution in [2.75, 3.05) is 12.4 Å². The number of amides is 1. The van der Waals surface area contributed by atoms with Crippen molar-refractivity contribution in [3.05, 3.63) is 53.0 Å². The summed E-state index contributed by atoms with van der Waals surface area (Å²) in [5, 5.41) is 7.20. The lowest BCUT2D eigenvalue weighted by atomic mass is 10.2. The van der Waals surface area contributed by atoms with Gasteiger partial charge < -0.3 is 10.1 Å². The molecule has 1 aromatic carbocycles. The summed E-state index contributed by atoms with van der Waals surface area (Å²) >= 11 is 0. The molecule has 6 heteroatoms. The third kappa shape index (κ3) is 2.88. The van der Waals surface area contributed by atoms with Gasteiger partial charge in [0.15, 0.2) is 5.65 Å². The van der Waals surface area contributed by atoms with Crippen LogP contribution in [-0.2, 0) is 0 Å². The standard InChI is InChI=1S/C17H18N4O2/c1-10-5-6-15(23-4)13(7-10)19-17(22)14-9-12(3)21-16(18-14)8-11(2)20-21/h5-9H,1-4H3,(H,19,22). The van der Waals surface area contributed by atoms with E-state index in [9.17, 15) is 4.79 Å². The Kier molecular flexibility index (Phi) is 3.73. The minimum absolute atomic E-state index is 0.279. The Bertz CT molecular complexity index is 899. The SMILES string of the molecule is COc1ccc(C)cc1NC(=O)c1cc(C)n2nc(C)cc2n1. The zero-order valence-corrected chi connectivity index (χ0v) is 13.5. The van der Waals surface area contributed by atoms with E-state index in [1.165, 1.54) is 0 Å². The zero-order valence-electron chi connectivity index (χ0n) is 13.5. The largest absolute Gasteiger partial charge is 0.495 e. The number of rotatable bonds is 3. The fourth-order valence-corrected chi connectivity index (χ4v) is 2.46. The van der Waals surface area contributed by atoms with Crippen LogP contribution in [-0.4, -0.2) is 27.6 Å². The van der Waals surface area contributed by atoms with Crippen molar-refractivity contribution in [1.82, 2.24) is 14.6 Å². The normalized spacial score (nSPS) is 10.8.